The van der Waals surface area contributed by atoms with Crippen LogP contribution in [0.1, 0.15) is 29.1 Å². The number of rotatable bonds is 4. The molecule has 1 aliphatic heterocycles. The van der Waals surface area contributed by atoms with Crippen LogP contribution in [0.3, 0.4) is 0 Å². The maximum absolute atomic E-state index is 11.6. The summed E-state index contributed by atoms with van der Waals surface area (Å²) in [5.41, 5.74) is 0.815. The molecule has 0 radical (unpaired) electrons. The standard InChI is InChI=1S/C18H19N5O3.ClH/c1-25-16(24)14-5-3-13(4-6-14)15-21-17(26-22-15)18(7-10-19-11-8-18)23-12-2-9-20-23;/h2-6,9,12,19H,7-8,10-11H2,1H3;1H. The third kappa shape index (κ3) is 3.45. The second kappa shape index (κ2) is 7.89. The number of methoxy groups -OCH3 is 1. The third-order valence-corrected chi connectivity index (χ3v) is 4.76. The van der Waals surface area contributed by atoms with Crippen molar-refractivity contribution in [2.75, 3.05) is 20.2 Å². The van der Waals surface area contributed by atoms with Gasteiger partial charge in [0, 0.05) is 18.0 Å². The summed E-state index contributed by atoms with van der Waals surface area (Å²) >= 11 is 0. The van der Waals surface area contributed by atoms with Gasteiger partial charge in [0.05, 0.1) is 12.7 Å². The van der Waals surface area contributed by atoms with Crippen LogP contribution in [0.2, 0.25) is 0 Å². The van der Waals surface area contributed by atoms with Gasteiger partial charge >= 0.3 is 5.97 Å². The van der Waals surface area contributed by atoms with Gasteiger partial charge in [-0.25, -0.2) is 4.79 Å². The molecule has 1 aliphatic rings. The van der Waals surface area contributed by atoms with Crippen LogP contribution in [0.4, 0.5) is 0 Å². The lowest BCUT2D eigenvalue weighted by Crippen LogP contribution is -2.45. The molecule has 1 fully saturated rings. The number of benzene rings is 1. The molecule has 0 atom stereocenters. The van der Waals surface area contributed by atoms with E-state index in [9.17, 15) is 4.79 Å². The van der Waals surface area contributed by atoms with Crippen molar-refractivity contribution in [3.63, 3.8) is 0 Å². The Morgan fingerprint density at radius 1 is 1.26 bits per heavy atom. The number of ether oxygens (including phenoxy) is 1. The average molecular weight is 390 g/mol. The summed E-state index contributed by atoms with van der Waals surface area (Å²) in [5.74, 6) is 0.661. The summed E-state index contributed by atoms with van der Waals surface area (Å²) in [6.07, 6.45) is 5.32. The first-order valence-electron chi connectivity index (χ1n) is 8.47. The minimum atomic E-state index is -0.439. The zero-order chi connectivity index (χ0) is 18.0. The van der Waals surface area contributed by atoms with Gasteiger partial charge in [-0.05, 0) is 44.1 Å². The van der Waals surface area contributed by atoms with E-state index in [1.54, 1.807) is 30.5 Å². The molecule has 9 heteroatoms. The number of carbonyl (C=O) groups excluding carboxylic acids is 1. The summed E-state index contributed by atoms with van der Waals surface area (Å²) in [6, 6.07) is 8.83. The fourth-order valence-electron chi connectivity index (χ4n) is 3.31. The van der Waals surface area contributed by atoms with Gasteiger partial charge in [-0.3, -0.25) is 4.68 Å². The van der Waals surface area contributed by atoms with Crippen molar-refractivity contribution in [1.29, 1.82) is 0 Å². The smallest absolute Gasteiger partial charge is 0.337 e. The first kappa shape index (κ1) is 19.1. The Bertz CT molecular complexity index is 886. The van der Waals surface area contributed by atoms with E-state index >= 15 is 0 Å². The first-order chi connectivity index (χ1) is 12.7. The number of piperidine rings is 1. The number of nitrogens with one attached hydrogen (secondary N) is 1. The Balaban J connectivity index is 0.00000210. The van der Waals surface area contributed by atoms with Crippen LogP contribution in [0, 0.1) is 0 Å². The van der Waals surface area contributed by atoms with E-state index in [1.165, 1.54) is 7.11 Å². The fraction of sp³-hybridized carbons (Fsp3) is 0.333. The molecule has 0 bridgehead atoms. The van der Waals surface area contributed by atoms with Crippen LogP contribution < -0.4 is 5.32 Å². The van der Waals surface area contributed by atoms with Crippen molar-refractivity contribution in [3.8, 4) is 11.4 Å². The molecule has 1 N–H and O–H groups in total. The van der Waals surface area contributed by atoms with Crippen molar-refractivity contribution in [3.05, 3.63) is 54.2 Å². The molecule has 0 unspecified atom stereocenters. The molecular formula is C18H20ClN5O3. The minimum absolute atomic E-state index is 0. The SMILES string of the molecule is COC(=O)c1ccc(-c2noc(C3(n4cccn4)CCNCC3)n2)cc1.Cl. The molecule has 1 saturated heterocycles. The Morgan fingerprint density at radius 2 is 2.00 bits per heavy atom. The lowest BCUT2D eigenvalue weighted by molar-refractivity contribution is 0.0601. The largest absolute Gasteiger partial charge is 0.465 e. The van der Waals surface area contributed by atoms with Crippen LogP contribution in [0.15, 0.2) is 47.2 Å². The van der Waals surface area contributed by atoms with Gasteiger partial charge in [-0.15, -0.1) is 12.4 Å². The van der Waals surface area contributed by atoms with E-state index in [1.807, 2.05) is 16.9 Å². The predicted octanol–water partition coefficient (Wildman–Crippen LogP) is 2.27. The molecule has 4 rings (SSSR count). The molecule has 142 valence electrons. The second-order valence-corrected chi connectivity index (χ2v) is 6.22. The van der Waals surface area contributed by atoms with Crippen molar-refractivity contribution in [1.82, 2.24) is 25.2 Å². The molecule has 0 saturated carbocycles. The number of nitrogens with zero attached hydrogens (tertiary/aromatic N) is 4. The normalized spacial score (nSPS) is 15.7. The number of halogens is 1. The zero-order valence-corrected chi connectivity index (χ0v) is 15.6. The molecule has 27 heavy (non-hydrogen) atoms. The second-order valence-electron chi connectivity index (χ2n) is 6.22. The van der Waals surface area contributed by atoms with Crippen LogP contribution in [0.25, 0.3) is 11.4 Å². The molecule has 3 aromatic rings. The van der Waals surface area contributed by atoms with E-state index in [4.69, 9.17) is 9.26 Å². The molecule has 8 nitrogen and oxygen atoms in total. The lowest BCUT2D eigenvalue weighted by Gasteiger charge is -2.34. The van der Waals surface area contributed by atoms with E-state index in [-0.39, 0.29) is 18.4 Å². The van der Waals surface area contributed by atoms with E-state index in [0.717, 1.165) is 31.5 Å². The van der Waals surface area contributed by atoms with E-state index in [0.29, 0.717) is 17.3 Å². The van der Waals surface area contributed by atoms with Crippen molar-refractivity contribution in [2.24, 2.45) is 0 Å². The van der Waals surface area contributed by atoms with Crippen molar-refractivity contribution >= 4 is 18.4 Å². The highest BCUT2D eigenvalue weighted by atomic mass is 35.5. The van der Waals surface area contributed by atoms with Gasteiger partial charge in [0.25, 0.3) is 5.89 Å². The van der Waals surface area contributed by atoms with Crippen molar-refractivity contribution in [2.45, 2.75) is 18.4 Å². The number of hydrogen-bond donors (Lipinski definition) is 1. The predicted molar refractivity (Wildman–Crippen MR) is 99.7 cm³/mol. The van der Waals surface area contributed by atoms with Gasteiger partial charge in [0.1, 0.15) is 5.54 Å². The van der Waals surface area contributed by atoms with Crippen LogP contribution in [-0.4, -0.2) is 46.1 Å². The van der Waals surface area contributed by atoms with Gasteiger partial charge in [0.2, 0.25) is 5.82 Å². The minimum Gasteiger partial charge on any atom is -0.465 e. The van der Waals surface area contributed by atoms with E-state index in [2.05, 4.69) is 20.6 Å². The summed E-state index contributed by atoms with van der Waals surface area (Å²) in [5, 5.41) is 11.9. The average Bonchev–Trinajstić information content (AvgIpc) is 3.40. The molecule has 0 aliphatic carbocycles. The summed E-state index contributed by atoms with van der Waals surface area (Å²) < 4.78 is 12.3. The highest BCUT2D eigenvalue weighted by Crippen LogP contribution is 2.34. The zero-order valence-electron chi connectivity index (χ0n) is 14.8. The molecular weight excluding hydrogens is 370 g/mol. The first-order valence-corrected chi connectivity index (χ1v) is 8.47. The lowest BCUT2D eigenvalue weighted by atomic mass is 9.88. The monoisotopic (exact) mass is 389 g/mol. The van der Waals surface area contributed by atoms with Crippen LogP contribution in [-0.2, 0) is 10.3 Å². The maximum atomic E-state index is 11.6. The third-order valence-electron chi connectivity index (χ3n) is 4.76. The van der Waals surface area contributed by atoms with Gasteiger partial charge in [0.15, 0.2) is 0 Å². The van der Waals surface area contributed by atoms with Gasteiger partial charge < -0.3 is 14.6 Å². The Hall–Kier alpha value is -2.71. The number of hydrogen-bond acceptors (Lipinski definition) is 7. The summed E-state index contributed by atoms with van der Waals surface area (Å²) in [7, 11) is 1.36. The van der Waals surface area contributed by atoms with E-state index < -0.39 is 5.54 Å². The fourth-order valence-corrected chi connectivity index (χ4v) is 3.31. The molecule has 0 spiro atoms. The molecule has 1 aromatic carbocycles. The topological polar surface area (TPSA) is 95.1 Å². The van der Waals surface area contributed by atoms with Gasteiger partial charge in [-0.2, -0.15) is 10.1 Å². The highest BCUT2D eigenvalue weighted by Gasteiger charge is 2.41. The maximum Gasteiger partial charge on any atom is 0.337 e. The summed E-state index contributed by atoms with van der Waals surface area (Å²) in [4.78, 5) is 16.2. The van der Waals surface area contributed by atoms with Gasteiger partial charge in [-0.1, -0.05) is 17.3 Å². The molecule has 3 heterocycles. The summed E-state index contributed by atoms with van der Waals surface area (Å²) in [6.45, 7) is 1.71. The Kier molecular flexibility index (Phi) is 5.57. The number of carbonyl (C=O) groups is 1. The quantitative estimate of drug-likeness (QED) is 0.684. The number of esters is 1. The Morgan fingerprint density at radius 3 is 2.63 bits per heavy atom. The molecule has 0 amide bonds. The Labute approximate surface area is 162 Å². The number of aromatic nitrogens is 4. The highest BCUT2D eigenvalue weighted by molar-refractivity contribution is 5.89. The molecule has 2 aromatic heterocycles. The van der Waals surface area contributed by atoms with Crippen molar-refractivity contribution < 1.29 is 14.1 Å². The van der Waals surface area contributed by atoms with Crippen LogP contribution >= 0.6 is 12.4 Å². The van der Waals surface area contributed by atoms with Crippen LogP contribution in [0.5, 0.6) is 0 Å².